The number of halogens is 1. The van der Waals surface area contributed by atoms with E-state index in [1.165, 1.54) is 0 Å². The average Bonchev–Trinajstić information content (AvgIpc) is 2.86. The van der Waals surface area contributed by atoms with Gasteiger partial charge in [-0.15, -0.1) is 5.10 Å². The normalized spacial score (nSPS) is 11.9. The van der Waals surface area contributed by atoms with Crippen LogP contribution in [-0.2, 0) is 19.0 Å². The Morgan fingerprint density at radius 2 is 2.00 bits per heavy atom. The zero-order valence-electron chi connectivity index (χ0n) is 12.7. The van der Waals surface area contributed by atoms with Gasteiger partial charge in [-0.25, -0.2) is 9.48 Å². The summed E-state index contributed by atoms with van der Waals surface area (Å²) in [5, 5.41) is 21.4. The van der Waals surface area contributed by atoms with Gasteiger partial charge in [0.05, 0.1) is 28.1 Å². The highest BCUT2D eigenvalue weighted by molar-refractivity contribution is 9.10. The minimum absolute atomic E-state index is 0.00230. The molecule has 0 aliphatic heterocycles. The zero-order chi connectivity index (χ0) is 15.9. The van der Waals surface area contributed by atoms with Gasteiger partial charge in [0.1, 0.15) is 0 Å². The standard InChI is InChI=1S/C13H18BrN5O2/c1-7-9(14)8(18(5)16-7)6-19-11(13(2,3)4)10(12(20)21)15-17-19/h6H2,1-5H3,(H,20,21). The summed E-state index contributed by atoms with van der Waals surface area (Å²) in [7, 11) is 1.85. The predicted octanol–water partition coefficient (Wildman–Crippen LogP) is 2.13. The molecule has 0 unspecified atom stereocenters. The number of hydrogen-bond donors (Lipinski definition) is 1. The molecule has 0 aliphatic rings. The largest absolute Gasteiger partial charge is 0.476 e. The smallest absolute Gasteiger partial charge is 0.358 e. The Kier molecular flexibility index (Phi) is 3.92. The van der Waals surface area contributed by atoms with E-state index in [-0.39, 0.29) is 11.1 Å². The lowest BCUT2D eigenvalue weighted by atomic mass is 9.90. The lowest BCUT2D eigenvalue weighted by Crippen LogP contribution is -2.23. The third-order valence-electron chi connectivity index (χ3n) is 3.21. The minimum atomic E-state index is -1.06. The van der Waals surface area contributed by atoms with Crippen LogP contribution < -0.4 is 0 Å². The molecular weight excluding hydrogens is 338 g/mol. The van der Waals surface area contributed by atoms with Crippen LogP contribution >= 0.6 is 15.9 Å². The molecule has 0 amide bonds. The molecule has 2 aromatic rings. The number of aromatic nitrogens is 5. The number of carbonyl (C=O) groups is 1. The Balaban J connectivity index is 2.53. The van der Waals surface area contributed by atoms with Gasteiger partial charge in [0, 0.05) is 12.5 Å². The van der Waals surface area contributed by atoms with Crippen molar-refractivity contribution in [1.29, 1.82) is 0 Å². The Labute approximate surface area is 131 Å². The minimum Gasteiger partial charge on any atom is -0.476 e. The molecule has 0 aliphatic carbocycles. The lowest BCUT2D eigenvalue weighted by Gasteiger charge is -2.20. The molecule has 0 atom stereocenters. The van der Waals surface area contributed by atoms with Gasteiger partial charge >= 0.3 is 5.97 Å². The fourth-order valence-corrected chi connectivity index (χ4v) is 2.77. The Morgan fingerprint density at radius 3 is 2.43 bits per heavy atom. The van der Waals surface area contributed by atoms with E-state index in [2.05, 4.69) is 31.3 Å². The quantitative estimate of drug-likeness (QED) is 0.911. The molecule has 0 bridgehead atoms. The third-order valence-corrected chi connectivity index (χ3v) is 4.24. The molecule has 1 N–H and O–H groups in total. The van der Waals surface area contributed by atoms with Crippen molar-refractivity contribution in [3.8, 4) is 0 Å². The van der Waals surface area contributed by atoms with Crippen molar-refractivity contribution >= 4 is 21.9 Å². The molecule has 0 saturated carbocycles. The summed E-state index contributed by atoms with van der Waals surface area (Å²) in [5.74, 6) is -1.06. The fraction of sp³-hybridized carbons (Fsp3) is 0.538. The van der Waals surface area contributed by atoms with E-state index in [9.17, 15) is 9.90 Å². The van der Waals surface area contributed by atoms with Crippen LogP contribution in [-0.4, -0.2) is 35.9 Å². The number of aryl methyl sites for hydroxylation is 2. The predicted molar refractivity (Wildman–Crippen MR) is 80.4 cm³/mol. The topological polar surface area (TPSA) is 85.8 Å². The van der Waals surface area contributed by atoms with Crippen molar-refractivity contribution in [2.24, 2.45) is 7.05 Å². The average molecular weight is 356 g/mol. The lowest BCUT2D eigenvalue weighted by molar-refractivity contribution is 0.0687. The van der Waals surface area contributed by atoms with Crippen LogP contribution in [0.4, 0.5) is 0 Å². The van der Waals surface area contributed by atoms with Crippen LogP contribution in [0.5, 0.6) is 0 Å². The fourth-order valence-electron chi connectivity index (χ4n) is 2.30. The first-order valence-corrected chi connectivity index (χ1v) is 7.27. The number of aromatic carboxylic acids is 1. The highest BCUT2D eigenvalue weighted by Crippen LogP contribution is 2.27. The van der Waals surface area contributed by atoms with Gasteiger partial charge < -0.3 is 5.11 Å². The van der Waals surface area contributed by atoms with Crippen molar-refractivity contribution in [3.63, 3.8) is 0 Å². The summed E-state index contributed by atoms with van der Waals surface area (Å²) in [6, 6.07) is 0. The first-order valence-electron chi connectivity index (χ1n) is 6.48. The van der Waals surface area contributed by atoms with Crippen LogP contribution in [0.1, 0.15) is 48.3 Å². The van der Waals surface area contributed by atoms with Crippen molar-refractivity contribution in [1.82, 2.24) is 24.8 Å². The summed E-state index contributed by atoms with van der Waals surface area (Å²) in [6.07, 6.45) is 0. The Bertz CT molecular complexity index is 696. The van der Waals surface area contributed by atoms with E-state index in [1.54, 1.807) is 9.36 Å². The van der Waals surface area contributed by atoms with Gasteiger partial charge in [-0.2, -0.15) is 5.10 Å². The number of carboxylic acids is 1. The molecule has 0 radical (unpaired) electrons. The van der Waals surface area contributed by atoms with Crippen LogP contribution in [0, 0.1) is 6.92 Å². The number of carboxylic acid groups (broad SMARTS) is 1. The van der Waals surface area contributed by atoms with Crippen LogP contribution in [0.15, 0.2) is 4.47 Å². The van der Waals surface area contributed by atoms with Crippen molar-refractivity contribution in [2.75, 3.05) is 0 Å². The maximum absolute atomic E-state index is 11.3. The third kappa shape index (κ3) is 2.85. The first kappa shape index (κ1) is 15.7. The van der Waals surface area contributed by atoms with Gasteiger partial charge in [-0.05, 0) is 22.9 Å². The van der Waals surface area contributed by atoms with E-state index in [4.69, 9.17) is 0 Å². The van der Waals surface area contributed by atoms with Gasteiger partial charge in [-0.1, -0.05) is 26.0 Å². The molecular formula is C13H18BrN5O2. The highest BCUT2D eigenvalue weighted by Gasteiger charge is 2.29. The van der Waals surface area contributed by atoms with E-state index in [0.717, 1.165) is 15.9 Å². The maximum atomic E-state index is 11.3. The van der Waals surface area contributed by atoms with Crippen LogP contribution in [0.2, 0.25) is 0 Å². The summed E-state index contributed by atoms with van der Waals surface area (Å²) < 4.78 is 4.29. The van der Waals surface area contributed by atoms with E-state index in [0.29, 0.717) is 12.2 Å². The molecule has 0 spiro atoms. The maximum Gasteiger partial charge on any atom is 0.358 e. The Morgan fingerprint density at radius 1 is 1.38 bits per heavy atom. The SMILES string of the molecule is Cc1nn(C)c(Cn2nnc(C(=O)O)c2C(C)(C)C)c1Br. The number of nitrogens with zero attached hydrogens (tertiary/aromatic N) is 5. The van der Waals surface area contributed by atoms with Crippen LogP contribution in [0.25, 0.3) is 0 Å². The zero-order valence-corrected chi connectivity index (χ0v) is 14.3. The van der Waals surface area contributed by atoms with E-state index >= 15 is 0 Å². The molecule has 0 fully saturated rings. The van der Waals surface area contributed by atoms with Crippen molar-refractivity contribution in [2.45, 2.75) is 39.7 Å². The summed E-state index contributed by atoms with van der Waals surface area (Å²) >= 11 is 3.51. The molecule has 114 valence electrons. The van der Waals surface area contributed by atoms with E-state index in [1.807, 2.05) is 34.7 Å². The molecule has 21 heavy (non-hydrogen) atoms. The molecule has 7 nitrogen and oxygen atoms in total. The molecule has 2 rings (SSSR count). The second-order valence-corrected chi connectivity index (χ2v) is 6.76. The summed E-state index contributed by atoms with van der Waals surface area (Å²) in [4.78, 5) is 11.3. The highest BCUT2D eigenvalue weighted by atomic mass is 79.9. The van der Waals surface area contributed by atoms with Gasteiger partial charge in [0.25, 0.3) is 0 Å². The molecule has 0 aromatic carbocycles. The van der Waals surface area contributed by atoms with E-state index < -0.39 is 5.97 Å². The van der Waals surface area contributed by atoms with Gasteiger partial charge in [0.15, 0.2) is 5.69 Å². The van der Waals surface area contributed by atoms with Gasteiger partial charge in [-0.3, -0.25) is 4.68 Å². The van der Waals surface area contributed by atoms with Crippen LogP contribution in [0.3, 0.4) is 0 Å². The first-order chi connectivity index (χ1) is 9.62. The van der Waals surface area contributed by atoms with Crippen molar-refractivity contribution in [3.05, 3.63) is 27.2 Å². The summed E-state index contributed by atoms with van der Waals surface area (Å²) in [6.45, 7) is 8.14. The number of hydrogen-bond acceptors (Lipinski definition) is 4. The van der Waals surface area contributed by atoms with Crippen molar-refractivity contribution < 1.29 is 9.90 Å². The molecule has 2 aromatic heterocycles. The second-order valence-electron chi connectivity index (χ2n) is 5.97. The molecule has 8 heteroatoms. The monoisotopic (exact) mass is 355 g/mol. The summed E-state index contributed by atoms with van der Waals surface area (Å²) in [5.41, 5.74) is 2.01. The number of rotatable bonds is 3. The Hall–Kier alpha value is -1.70. The second kappa shape index (κ2) is 5.25. The van der Waals surface area contributed by atoms with Gasteiger partial charge in [0.2, 0.25) is 0 Å². The molecule has 0 saturated heterocycles. The molecule has 2 heterocycles.